The Morgan fingerprint density at radius 1 is 1.25 bits per heavy atom. The lowest BCUT2D eigenvalue weighted by Gasteiger charge is -2.18. The smallest absolute Gasteiger partial charge is 0.231 e. The molecule has 0 fully saturated rings. The molecule has 0 N–H and O–H groups in total. The number of nitriles is 1. The van der Waals surface area contributed by atoms with Crippen LogP contribution in [0.15, 0.2) is 42.5 Å². The van der Waals surface area contributed by atoms with Gasteiger partial charge in [-0.2, -0.15) is 5.26 Å². The highest BCUT2D eigenvalue weighted by molar-refractivity contribution is 6.04. The van der Waals surface area contributed by atoms with Crippen molar-refractivity contribution in [2.75, 3.05) is 4.90 Å². The fourth-order valence-electron chi connectivity index (χ4n) is 2.96. The number of anilines is 1. The minimum atomic E-state index is -0.0648. The molecule has 3 rings (SSSR count). The number of fused-ring (bicyclic) bond motifs is 1. The zero-order chi connectivity index (χ0) is 17.3. The van der Waals surface area contributed by atoms with Crippen molar-refractivity contribution in [3.05, 3.63) is 64.7 Å². The first-order valence-corrected chi connectivity index (χ1v) is 7.96. The van der Waals surface area contributed by atoms with Gasteiger partial charge in [-0.3, -0.25) is 9.59 Å². The predicted octanol–water partition coefficient (Wildman–Crippen LogP) is 3.49. The second kappa shape index (κ2) is 6.29. The van der Waals surface area contributed by atoms with Gasteiger partial charge in [0.2, 0.25) is 5.91 Å². The van der Waals surface area contributed by atoms with E-state index in [9.17, 15) is 9.59 Å². The Hall–Kier alpha value is -2.93. The van der Waals surface area contributed by atoms with E-state index in [1.807, 2.05) is 38.1 Å². The van der Waals surface area contributed by atoms with Crippen molar-refractivity contribution in [1.29, 1.82) is 5.26 Å². The van der Waals surface area contributed by atoms with Gasteiger partial charge in [-0.15, -0.1) is 0 Å². The summed E-state index contributed by atoms with van der Waals surface area (Å²) < 4.78 is 0. The van der Waals surface area contributed by atoms with Crippen LogP contribution in [-0.2, 0) is 17.8 Å². The maximum atomic E-state index is 12.4. The van der Waals surface area contributed by atoms with Crippen LogP contribution in [0.2, 0.25) is 0 Å². The number of rotatable bonds is 4. The molecular weight excluding hydrogens is 300 g/mol. The molecule has 2 aromatic rings. The normalized spacial score (nSPS) is 13.1. The van der Waals surface area contributed by atoms with E-state index in [2.05, 4.69) is 6.07 Å². The van der Waals surface area contributed by atoms with E-state index in [0.29, 0.717) is 24.1 Å². The van der Waals surface area contributed by atoms with Crippen molar-refractivity contribution < 1.29 is 9.59 Å². The van der Waals surface area contributed by atoms with Crippen molar-refractivity contribution in [2.24, 2.45) is 5.92 Å². The molecule has 2 aromatic carbocycles. The second-order valence-corrected chi connectivity index (χ2v) is 6.33. The summed E-state index contributed by atoms with van der Waals surface area (Å²) in [6.45, 7) is 4.17. The topological polar surface area (TPSA) is 61.2 Å². The van der Waals surface area contributed by atoms with Crippen LogP contribution in [0.1, 0.15) is 40.9 Å². The summed E-state index contributed by atoms with van der Waals surface area (Å²) in [5, 5.41) is 9.00. The van der Waals surface area contributed by atoms with Gasteiger partial charge in [0.05, 0.1) is 24.6 Å². The van der Waals surface area contributed by atoms with Crippen molar-refractivity contribution in [3.63, 3.8) is 0 Å². The van der Waals surface area contributed by atoms with Crippen LogP contribution in [0.4, 0.5) is 5.69 Å². The minimum Gasteiger partial charge on any atom is -0.307 e. The molecule has 0 bridgehead atoms. The van der Waals surface area contributed by atoms with Crippen LogP contribution in [-0.4, -0.2) is 11.7 Å². The van der Waals surface area contributed by atoms with E-state index in [4.69, 9.17) is 5.26 Å². The number of hydrogen-bond donors (Lipinski definition) is 0. The SMILES string of the molecule is CC(C)C(=O)c1ccc2c(c1)CC(=O)N2Cc1cccc(C#N)c1. The van der Waals surface area contributed by atoms with Gasteiger partial charge < -0.3 is 4.90 Å². The zero-order valence-electron chi connectivity index (χ0n) is 13.7. The molecule has 4 heteroatoms. The second-order valence-electron chi connectivity index (χ2n) is 6.33. The number of carbonyl (C=O) groups is 2. The molecule has 1 amide bonds. The van der Waals surface area contributed by atoms with Gasteiger partial charge in [0.25, 0.3) is 0 Å². The minimum absolute atomic E-state index is 0.0153. The quantitative estimate of drug-likeness (QED) is 0.811. The third kappa shape index (κ3) is 2.93. The standard InChI is InChI=1S/C20H18N2O2/c1-13(2)20(24)16-6-7-18-17(9-16)10-19(23)22(18)12-15-5-3-4-14(8-15)11-21/h3-9,13H,10,12H2,1-2H3. The highest BCUT2D eigenvalue weighted by Gasteiger charge is 2.28. The molecule has 0 atom stereocenters. The number of benzene rings is 2. The molecule has 0 aliphatic carbocycles. The molecule has 1 aliphatic rings. The molecule has 0 saturated carbocycles. The van der Waals surface area contributed by atoms with Crippen LogP contribution in [0.3, 0.4) is 0 Å². The van der Waals surface area contributed by atoms with Gasteiger partial charge in [0.15, 0.2) is 5.78 Å². The van der Waals surface area contributed by atoms with E-state index >= 15 is 0 Å². The lowest BCUT2D eigenvalue weighted by molar-refractivity contribution is -0.117. The predicted molar refractivity (Wildman–Crippen MR) is 91.7 cm³/mol. The Morgan fingerprint density at radius 3 is 2.75 bits per heavy atom. The lowest BCUT2D eigenvalue weighted by atomic mass is 9.98. The molecule has 0 radical (unpaired) electrons. The molecule has 1 aliphatic heterocycles. The summed E-state index contributed by atoms with van der Waals surface area (Å²) >= 11 is 0. The fraction of sp³-hybridized carbons (Fsp3) is 0.250. The van der Waals surface area contributed by atoms with Crippen LogP contribution < -0.4 is 4.90 Å². The van der Waals surface area contributed by atoms with E-state index in [1.54, 1.807) is 23.1 Å². The van der Waals surface area contributed by atoms with Gasteiger partial charge in [-0.05, 0) is 41.5 Å². The number of ketones is 1. The average Bonchev–Trinajstić information content (AvgIpc) is 2.89. The van der Waals surface area contributed by atoms with Gasteiger partial charge in [-0.1, -0.05) is 26.0 Å². The molecule has 0 aromatic heterocycles. The molecule has 0 unspecified atom stereocenters. The average molecular weight is 318 g/mol. The summed E-state index contributed by atoms with van der Waals surface area (Å²) in [6.07, 6.45) is 0.312. The Balaban J connectivity index is 1.89. The Labute approximate surface area is 141 Å². The van der Waals surface area contributed by atoms with Crippen LogP contribution in [0.5, 0.6) is 0 Å². The molecule has 0 saturated heterocycles. The number of Topliss-reactive ketones (excluding diaryl/α,β-unsaturated/α-hetero) is 1. The Kier molecular flexibility index (Phi) is 4.18. The van der Waals surface area contributed by atoms with Gasteiger partial charge >= 0.3 is 0 Å². The van der Waals surface area contributed by atoms with Gasteiger partial charge in [0.1, 0.15) is 0 Å². The Morgan fingerprint density at radius 2 is 2.04 bits per heavy atom. The molecule has 0 spiro atoms. The molecule has 1 heterocycles. The number of nitrogens with zero attached hydrogens (tertiary/aromatic N) is 2. The van der Waals surface area contributed by atoms with Crippen LogP contribution in [0.25, 0.3) is 0 Å². The van der Waals surface area contributed by atoms with Crippen molar-refractivity contribution >= 4 is 17.4 Å². The van der Waals surface area contributed by atoms with E-state index in [0.717, 1.165) is 16.8 Å². The lowest BCUT2D eigenvalue weighted by Crippen LogP contribution is -2.26. The van der Waals surface area contributed by atoms with Crippen molar-refractivity contribution in [1.82, 2.24) is 0 Å². The highest BCUT2D eigenvalue weighted by atomic mass is 16.2. The van der Waals surface area contributed by atoms with E-state index in [-0.39, 0.29) is 17.6 Å². The summed E-state index contributed by atoms with van der Waals surface area (Å²) in [7, 11) is 0. The third-order valence-corrected chi connectivity index (χ3v) is 4.22. The van der Waals surface area contributed by atoms with Crippen LogP contribution >= 0.6 is 0 Å². The van der Waals surface area contributed by atoms with Crippen molar-refractivity contribution in [3.8, 4) is 6.07 Å². The number of hydrogen-bond acceptors (Lipinski definition) is 3. The third-order valence-electron chi connectivity index (χ3n) is 4.22. The van der Waals surface area contributed by atoms with Crippen molar-refractivity contribution in [2.45, 2.75) is 26.8 Å². The molecule has 120 valence electrons. The first-order chi connectivity index (χ1) is 11.5. The monoisotopic (exact) mass is 318 g/mol. The molecule has 4 nitrogen and oxygen atoms in total. The molecular formula is C20H18N2O2. The summed E-state index contributed by atoms with van der Waals surface area (Å²) in [5.41, 5.74) is 3.89. The molecule has 24 heavy (non-hydrogen) atoms. The summed E-state index contributed by atoms with van der Waals surface area (Å²) in [5.74, 6) is 0.0388. The maximum absolute atomic E-state index is 12.4. The summed E-state index contributed by atoms with van der Waals surface area (Å²) in [4.78, 5) is 26.2. The largest absolute Gasteiger partial charge is 0.307 e. The zero-order valence-corrected chi connectivity index (χ0v) is 13.7. The van der Waals surface area contributed by atoms with E-state index < -0.39 is 0 Å². The fourth-order valence-corrected chi connectivity index (χ4v) is 2.96. The number of carbonyl (C=O) groups excluding carboxylic acids is 2. The number of amides is 1. The highest BCUT2D eigenvalue weighted by Crippen LogP contribution is 2.31. The first-order valence-electron chi connectivity index (χ1n) is 7.96. The maximum Gasteiger partial charge on any atom is 0.231 e. The van der Waals surface area contributed by atoms with Gasteiger partial charge in [0, 0.05) is 17.2 Å². The van der Waals surface area contributed by atoms with E-state index in [1.165, 1.54) is 0 Å². The van der Waals surface area contributed by atoms with Crippen LogP contribution in [0, 0.1) is 17.2 Å². The first kappa shape index (κ1) is 15.9. The Bertz CT molecular complexity index is 862. The summed E-state index contributed by atoms with van der Waals surface area (Å²) in [6, 6.07) is 14.8. The van der Waals surface area contributed by atoms with Gasteiger partial charge in [-0.25, -0.2) is 0 Å².